The minimum absolute atomic E-state index is 0.134. The first-order valence-electron chi connectivity index (χ1n) is 7.63. The molecule has 0 radical (unpaired) electrons. The van der Waals surface area contributed by atoms with Crippen LogP contribution >= 0.6 is 23.2 Å². The highest BCUT2D eigenvalue weighted by molar-refractivity contribution is 6.18. The summed E-state index contributed by atoms with van der Waals surface area (Å²) in [5.74, 6) is 1.03. The van der Waals surface area contributed by atoms with Crippen molar-refractivity contribution in [2.75, 3.05) is 29.7 Å². The molecule has 0 fully saturated rings. The van der Waals surface area contributed by atoms with Crippen molar-refractivity contribution < 1.29 is 0 Å². The van der Waals surface area contributed by atoms with Crippen LogP contribution in [0.1, 0.15) is 16.8 Å². The molecule has 0 saturated carbocycles. The summed E-state index contributed by atoms with van der Waals surface area (Å²) >= 11 is 11.7. The van der Waals surface area contributed by atoms with Crippen molar-refractivity contribution in [1.29, 1.82) is 5.26 Å². The van der Waals surface area contributed by atoms with Crippen LogP contribution in [0.5, 0.6) is 0 Å². The monoisotopic (exact) mass is 363 g/mol. The third kappa shape index (κ3) is 3.92. The van der Waals surface area contributed by atoms with Gasteiger partial charge in [0.1, 0.15) is 11.6 Å². The molecule has 2 rings (SSSR count). The molecule has 1 heterocycles. The highest BCUT2D eigenvalue weighted by Gasteiger charge is 2.14. The molecule has 0 atom stereocenters. The van der Waals surface area contributed by atoms with E-state index in [-0.39, 0.29) is 11.1 Å². The van der Waals surface area contributed by atoms with Gasteiger partial charge in [0.15, 0.2) is 0 Å². The van der Waals surface area contributed by atoms with Crippen molar-refractivity contribution in [2.45, 2.75) is 13.8 Å². The summed E-state index contributed by atoms with van der Waals surface area (Å²) in [6.45, 7) is 5.19. The second kappa shape index (κ2) is 8.23. The molecule has 0 unspecified atom stereocenters. The van der Waals surface area contributed by atoms with Crippen LogP contribution in [0.15, 0.2) is 29.1 Å². The number of aromatic nitrogens is 1. The van der Waals surface area contributed by atoms with Crippen molar-refractivity contribution in [3.8, 4) is 17.2 Å². The van der Waals surface area contributed by atoms with Gasteiger partial charge in [0.25, 0.3) is 5.56 Å². The third-order valence-corrected chi connectivity index (χ3v) is 4.19. The fraction of sp³-hybridized carbons (Fsp3) is 0.333. The van der Waals surface area contributed by atoms with Crippen LogP contribution in [-0.4, -0.2) is 29.8 Å². The molecule has 0 aliphatic heterocycles. The lowest BCUT2D eigenvalue weighted by molar-refractivity contribution is 0.873. The van der Waals surface area contributed by atoms with Crippen LogP contribution in [0.4, 0.5) is 5.69 Å². The van der Waals surface area contributed by atoms with E-state index in [0.29, 0.717) is 30.4 Å². The predicted octanol–water partition coefficient (Wildman–Crippen LogP) is 3.81. The number of aryl methyl sites for hydroxylation is 2. The maximum absolute atomic E-state index is 12.0. The number of alkyl halides is 2. The summed E-state index contributed by atoms with van der Waals surface area (Å²) < 4.78 is 0. The number of nitrogens with one attached hydrogen (secondary N) is 1. The Morgan fingerprint density at radius 1 is 1.12 bits per heavy atom. The number of anilines is 1. The SMILES string of the molecule is Cc1cc(-c2ccc(N(CCCl)CCCl)cc2C)c(C#N)c(=O)[nH]1. The Kier molecular flexibility index (Phi) is 6.30. The third-order valence-electron chi connectivity index (χ3n) is 3.85. The van der Waals surface area contributed by atoms with E-state index in [2.05, 4.69) is 9.88 Å². The smallest absolute Gasteiger partial charge is 0.266 e. The number of H-pyrrole nitrogens is 1. The molecule has 24 heavy (non-hydrogen) atoms. The summed E-state index contributed by atoms with van der Waals surface area (Å²) in [4.78, 5) is 16.8. The van der Waals surface area contributed by atoms with E-state index in [1.165, 1.54) is 0 Å². The Hall–Kier alpha value is -1.96. The van der Waals surface area contributed by atoms with E-state index in [9.17, 15) is 10.1 Å². The largest absolute Gasteiger partial charge is 0.369 e. The van der Waals surface area contributed by atoms with Gasteiger partial charge < -0.3 is 9.88 Å². The number of aromatic amines is 1. The fourth-order valence-electron chi connectivity index (χ4n) is 2.73. The summed E-state index contributed by atoms with van der Waals surface area (Å²) in [6, 6.07) is 9.78. The zero-order chi connectivity index (χ0) is 17.7. The molecular weight excluding hydrogens is 345 g/mol. The molecule has 0 aliphatic rings. The van der Waals surface area contributed by atoms with Gasteiger partial charge in [-0.2, -0.15) is 5.26 Å². The Bertz CT molecular complexity index is 818. The van der Waals surface area contributed by atoms with Crippen molar-refractivity contribution in [2.24, 2.45) is 0 Å². The molecule has 0 bridgehead atoms. The Morgan fingerprint density at radius 2 is 1.79 bits per heavy atom. The number of nitriles is 1. The second-order valence-electron chi connectivity index (χ2n) is 5.55. The molecule has 0 amide bonds. The zero-order valence-electron chi connectivity index (χ0n) is 13.7. The fourth-order valence-corrected chi connectivity index (χ4v) is 3.14. The minimum Gasteiger partial charge on any atom is -0.369 e. The lowest BCUT2D eigenvalue weighted by Gasteiger charge is -2.24. The van der Waals surface area contributed by atoms with E-state index in [1.807, 2.05) is 37.3 Å². The van der Waals surface area contributed by atoms with E-state index in [1.54, 1.807) is 6.92 Å². The summed E-state index contributed by atoms with van der Waals surface area (Å²) in [5.41, 5.74) is 4.05. The number of hydrogen-bond donors (Lipinski definition) is 1. The van der Waals surface area contributed by atoms with Gasteiger partial charge in [0, 0.05) is 41.8 Å². The molecule has 2 aromatic rings. The van der Waals surface area contributed by atoms with Crippen molar-refractivity contribution in [1.82, 2.24) is 4.98 Å². The normalized spacial score (nSPS) is 10.5. The molecule has 6 heteroatoms. The van der Waals surface area contributed by atoms with Crippen molar-refractivity contribution in [3.63, 3.8) is 0 Å². The molecule has 4 nitrogen and oxygen atoms in total. The summed E-state index contributed by atoms with van der Waals surface area (Å²) in [5, 5.41) is 9.32. The lowest BCUT2D eigenvalue weighted by atomic mass is 9.96. The van der Waals surface area contributed by atoms with Gasteiger partial charge in [-0.05, 0) is 43.2 Å². The van der Waals surface area contributed by atoms with E-state index >= 15 is 0 Å². The van der Waals surface area contributed by atoms with Gasteiger partial charge in [-0.15, -0.1) is 23.2 Å². The Balaban J connectivity index is 2.52. The number of benzene rings is 1. The van der Waals surface area contributed by atoms with Gasteiger partial charge in [-0.25, -0.2) is 0 Å². The van der Waals surface area contributed by atoms with Crippen molar-refractivity contribution in [3.05, 3.63) is 51.4 Å². The number of halogens is 2. The zero-order valence-corrected chi connectivity index (χ0v) is 15.2. The van der Waals surface area contributed by atoms with Crippen LogP contribution in [0.3, 0.4) is 0 Å². The molecule has 0 saturated heterocycles. The molecular formula is C18H19Cl2N3O. The maximum atomic E-state index is 12.0. The first kappa shape index (κ1) is 18.4. The van der Waals surface area contributed by atoms with Gasteiger partial charge >= 0.3 is 0 Å². The molecule has 1 N–H and O–H groups in total. The number of pyridine rings is 1. The van der Waals surface area contributed by atoms with Gasteiger partial charge in [0.2, 0.25) is 0 Å². The second-order valence-corrected chi connectivity index (χ2v) is 6.30. The molecule has 1 aromatic carbocycles. The maximum Gasteiger partial charge on any atom is 0.266 e. The van der Waals surface area contributed by atoms with E-state index < -0.39 is 0 Å². The topological polar surface area (TPSA) is 59.9 Å². The standard InChI is InChI=1S/C18H19Cl2N3O/c1-12-9-14(23(7-5-19)8-6-20)3-4-15(12)16-10-13(2)22-18(24)17(16)11-21/h3-4,9-10H,5-8H2,1-2H3,(H,22,24). The van der Waals surface area contributed by atoms with E-state index in [0.717, 1.165) is 22.5 Å². The lowest BCUT2D eigenvalue weighted by Crippen LogP contribution is -2.27. The first-order chi connectivity index (χ1) is 11.5. The number of nitrogens with zero attached hydrogens (tertiary/aromatic N) is 2. The minimum atomic E-state index is -0.359. The average molecular weight is 364 g/mol. The van der Waals surface area contributed by atoms with Crippen LogP contribution in [-0.2, 0) is 0 Å². The number of rotatable bonds is 6. The Labute approximate surface area is 151 Å². The molecule has 1 aromatic heterocycles. The highest BCUT2D eigenvalue weighted by atomic mass is 35.5. The van der Waals surface area contributed by atoms with Crippen molar-refractivity contribution >= 4 is 28.9 Å². The van der Waals surface area contributed by atoms with Gasteiger partial charge in [0.05, 0.1) is 0 Å². The highest BCUT2D eigenvalue weighted by Crippen LogP contribution is 2.29. The molecule has 0 aliphatic carbocycles. The molecule has 0 spiro atoms. The quantitative estimate of drug-likeness (QED) is 0.793. The summed E-state index contributed by atoms with van der Waals surface area (Å²) in [6.07, 6.45) is 0. The average Bonchev–Trinajstić information content (AvgIpc) is 2.54. The van der Waals surface area contributed by atoms with Crippen LogP contribution in [0, 0.1) is 25.2 Å². The first-order valence-corrected chi connectivity index (χ1v) is 8.70. The van der Waals surface area contributed by atoms with Gasteiger partial charge in [-0.1, -0.05) is 6.07 Å². The van der Waals surface area contributed by atoms with Crippen LogP contribution in [0.2, 0.25) is 0 Å². The molecule has 126 valence electrons. The van der Waals surface area contributed by atoms with E-state index in [4.69, 9.17) is 23.2 Å². The predicted molar refractivity (Wildman–Crippen MR) is 100 cm³/mol. The Morgan fingerprint density at radius 3 is 2.33 bits per heavy atom. The summed E-state index contributed by atoms with van der Waals surface area (Å²) in [7, 11) is 0. The van der Waals surface area contributed by atoms with Gasteiger partial charge in [-0.3, -0.25) is 4.79 Å². The van der Waals surface area contributed by atoms with Crippen LogP contribution in [0.25, 0.3) is 11.1 Å². The van der Waals surface area contributed by atoms with Crippen LogP contribution < -0.4 is 10.5 Å². The number of hydrogen-bond acceptors (Lipinski definition) is 3.